The van der Waals surface area contributed by atoms with Crippen molar-refractivity contribution in [2.75, 3.05) is 19.6 Å². The van der Waals surface area contributed by atoms with Gasteiger partial charge in [0.05, 0.1) is 18.3 Å². The number of hydrogen-bond acceptors (Lipinski definition) is 5. The molecule has 1 aromatic carbocycles. The number of carbonyl (C=O) groups is 1. The van der Waals surface area contributed by atoms with Crippen molar-refractivity contribution in [3.05, 3.63) is 59.4 Å². The second kappa shape index (κ2) is 7.22. The number of Topliss-reactive ketones (excluding diaryl/α,β-unsaturated/α-hetero) is 1. The van der Waals surface area contributed by atoms with E-state index in [0.29, 0.717) is 31.6 Å². The summed E-state index contributed by atoms with van der Waals surface area (Å²) in [6, 6.07) is 6.67. The summed E-state index contributed by atoms with van der Waals surface area (Å²) in [6.45, 7) is 1.55. The van der Waals surface area contributed by atoms with E-state index < -0.39 is 17.2 Å². The van der Waals surface area contributed by atoms with Crippen molar-refractivity contribution in [1.82, 2.24) is 9.88 Å². The lowest BCUT2D eigenvalue weighted by molar-refractivity contribution is 0.0339. The van der Waals surface area contributed by atoms with Gasteiger partial charge in [0.2, 0.25) is 0 Å². The summed E-state index contributed by atoms with van der Waals surface area (Å²) in [4.78, 5) is 18.3. The van der Waals surface area contributed by atoms with Crippen molar-refractivity contribution in [2.45, 2.75) is 24.9 Å². The second-order valence-electron chi connectivity index (χ2n) is 8.05. The summed E-state index contributed by atoms with van der Waals surface area (Å²) in [5, 5.41) is 20.2. The number of nitrogens with zero attached hydrogens (tertiary/aromatic N) is 2. The number of ketones is 1. The first kappa shape index (κ1) is 19.0. The quantitative estimate of drug-likeness (QED) is 0.771. The number of aromatic nitrogens is 1. The minimum atomic E-state index is -1.12. The van der Waals surface area contributed by atoms with Crippen LogP contribution in [0.5, 0.6) is 5.75 Å². The Labute approximate surface area is 161 Å². The van der Waals surface area contributed by atoms with Crippen LogP contribution in [-0.2, 0) is 6.42 Å². The maximum atomic E-state index is 13.9. The number of carbonyl (C=O) groups excluding carboxylic acids is 1. The van der Waals surface area contributed by atoms with E-state index in [4.69, 9.17) is 0 Å². The molecular weight excluding hydrogens is 366 g/mol. The van der Waals surface area contributed by atoms with Gasteiger partial charge in [0, 0.05) is 25.1 Å². The summed E-state index contributed by atoms with van der Waals surface area (Å²) < 4.78 is 27.9. The molecule has 0 spiro atoms. The number of rotatable bonds is 5. The number of benzene rings is 1. The molecule has 2 heterocycles. The molecule has 0 unspecified atom stereocenters. The summed E-state index contributed by atoms with van der Waals surface area (Å²) >= 11 is 0. The van der Waals surface area contributed by atoms with Crippen LogP contribution in [0.15, 0.2) is 36.5 Å². The first-order chi connectivity index (χ1) is 13.3. The third kappa shape index (κ3) is 3.77. The lowest BCUT2D eigenvalue weighted by Gasteiger charge is -2.26. The van der Waals surface area contributed by atoms with E-state index >= 15 is 0 Å². The van der Waals surface area contributed by atoms with Gasteiger partial charge in [-0.1, -0.05) is 6.07 Å². The Bertz CT molecular complexity index is 853. The molecule has 2 aliphatic rings. The maximum Gasteiger partial charge on any atom is 0.195 e. The molecule has 1 saturated heterocycles. The standard InChI is InChI=1S/C21H22F2N2O3/c22-17-2-1-3-18(23)16(17)8-21(28)6-13-10-25(11-14(13)7-21)12-20(27)19-5-4-15(26)9-24-19/h1-5,9,13-14,26,28H,6-8,10-12H2/t13-,14-/m0/s1. The zero-order valence-corrected chi connectivity index (χ0v) is 15.3. The summed E-state index contributed by atoms with van der Waals surface area (Å²) in [7, 11) is 0. The van der Waals surface area contributed by atoms with Gasteiger partial charge in [-0.2, -0.15) is 0 Å². The van der Waals surface area contributed by atoms with Crippen LogP contribution in [0.25, 0.3) is 0 Å². The Hall–Kier alpha value is -2.38. The van der Waals surface area contributed by atoms with E-state index in [1.165, 1.54) is 36.5 Å². The zero-order valence-electron chi connectivity index (χ0n) is 15.3. The van der Waals surface area contributed by atoms with Gasteiger partial charge in [-0.15, -0.1) is 0 Å². The molecule has 4 rings (SSSR count). The number of hydrogen-bond donors (Lipinski definition) is 2. The van der Waals surface area contributed by atoms with Crippen LogP contribution in [-0.4, -0.2) is 51.1 Å². The highest BCUT2D eigenvalue weighted by atomic mass is 19.1. The molecule has 1 saturated carbocycles. The molecule has 2 atom stereocenters. The average Bonchev–Trinajstić information content (AvgIpc) is 3.13. The largest absolute Gasteiger partial charge is 0.506 e. The predicted molar refractivity (Wildman–Crippen MR) is 97.9 cm³/mol. The van der Waals surface area contributed by atoms with Crippen molar-refractivity contribution >= 4 is 5.78 Å². The van der Waals surface area contributed by atoms with E-state index in [1.54, 1.807) is 0 Å². The zero-order chi connectivity index (χ0) is 19.9. The summed E-state index contributed by atoms with van der Waals surface area (Å²) in [5.74, 6) is -0.972. The average molecular weight is 388 g/mol. The molecular formula is C21H22F2N2O3. The minimum absolute atomic E-state index is 0.0119. The molecule has 1 aliphatic heterocycles. The van der Waals surface area contributed by atoms with Crippen LogP contribution in [0.3, 0.4) is 0 Å². The summed E-state index contributed by atoms with van der Waals surface area (Å²) in [5.41, 5.74) is -0.871. The maximum absolute atomic E-state index is 13.9. The first-order valence-corrected chi connectivity index (χ1v) is 9.39. The highest BCUT2D eigenvalue weighted by molar-refractivity contribution is 5.95. The Morgan fingerprint density at radius 3 is 2.36 bits per heavy atom. The number of fused-ring (bicyclic) bond motifs is 1. The molecule has 0 bridgehead atoms. The van der Waals surface area contributed by atoms with E-state index in [-0.39, 0.29) is 41.9 Å². The Morgan fingerprint density at radius 2 is 1.79 bits per heavy atom. The summed E-state index contributed by atoms with van der Waals surface area (Å²) in [6.07, 6.45) is 2.14. The van der Waals surface area contributed by atoms with Gasteiger partial charge < -0.3 is 10.2 Å². The normalized spacial score (nSPS) is 23.7. The van der Waals surface area contributed by atoms with Crippen LogP contribution in [0.4, 0.5) is 8.78 Å². The number of halogens is 2. The molecule has 28 heavy (non-hydrogen) atoms. The van der Waals surface area contributed by atoms with Gasteiger partial charge >= 0.3 is 0 Å². The van der Waals surface area contributed by atoms with Crippen molar-refractivity contribution in [2.24, 2.45) is 11.8 Å². The fraction of sp³-hybridized carbons (Fsp3) is 0.429. The fourth-order valence-corrected chi connectivity index (χ4v) is 4.70. The molecule has 1 aliphatic carbocycles. The van der Waals surface area contributed by atoms with Crippen molar-refractivity contribution in [3.8, 4) is 5.75 Å². The molecule has 2 aromatic rings. The van der Waals surface area contributed by atoms with Crippen molar-refractivity contribution in [1.29, 1.82) is 0 Å². The Balaban J connectivity index is 1.36. The topological polar surface area (TPSA) is 73.7 Å². The van der Waals surface area contributed by atoms with Gasteiger partial charge in [-0.25, -0.2) is 13.8 Å². The number of aliphatic hydroxyl groups is 1. The first-order valence-electron chi connectivity index (χ1n) is 9.39. The number of pyridine rings is 1. The Kier molecular flexibility index (Phi) is 4.89. The third-order valence-electron chi connectivity index (χ3n) is 5.90. The van der Waals surface area contributed by atoms with Gasteiger partial charge in [-0.05, 0) is 48.9 Å². The van der Waals surface area contributed by atoms with Crippen LogP contribution in [0, 0.1) is 23.5 Å². The van der Waals surface area contributed by atoms with Gasteiger partial charge in [0.1, 0.15) is 23.1 Å². The lowest BCUT2D eigenvalue weighted by Crippen LogP contribution is -2.34. The van der Waals surface area contributed by atoms with Crippen LogP contribution in [0.1, 0.15) is 28.9 Å². The molecule has 0 amide bonds. The van der Waals surface area contributed by atoms with E-state index in [1.807, 2.05) is 4.90 Å². The van der Waals surface area contributed by atoms with Gasteiger partial charge in [0.25, 0.3) is 0 Å². The minimum Gasteiger partial charge on any atom is -0.506 e. The van der Waals surface area contributed by atoms with Crippen LogP contribution in [0.2, 0.25) is 0 Å². The molecule has 7 heteroatoms. The molecule has 5 nitrogen and oxygen atoms in total. The molecule has 1 aromatic heterocycles. The van der Waals surface area contributed by atoms with E-state index in [9.17, 15) is 23.8 Å². The Morgan fingerprint density at radius 1 is 1.14 bits per heavy atom. The lowest BCUT2D eigenvalue weighted by atomic mass is 9.90. The highest BCUT2D eigenvalue weighted by Gasteiger charge is 2.48. The monoisotopic (exact) mass is 388 g/mol. The van der Waals surface area contributed by atoms with E-state index in [0.717, 1.165) is 0 Å². The van der Waals surface area contributed by atoms with Crippen LogP contribution < -0.4 is 0 Å². The van der Waals surface area contributed by atoms with Gasteiger partial charge in [0.15, 0.2) is 5.78 Å². The molecule has 148 valence electrons. The SMILES string of the molecule is O=C(CN1C[C@@H]2CC(O)(Cc3c(F)cccc3F)C[C@H]2C1)c1ccc(O)cn1. The predicted octanol–water partition coefficient (Wildman–Crippen LogP) is 2.56. The molecule has 2 N–H and O–H groups in total. The second-order valence-corrected chi connectivity index (χ2v) is 8.05. The number of likely N-dealkylation sites (tertiary alicyclic amines) is 1. The van der Waals surface area contributed by atoms with Crippen LogP contribution >= 0.6 is 0 Å². The smallest absolute Gasteiger partial charge is 0.195 e. The van der Waals surface area contributed by atoms with Crippen molar-refractivity contribution in [3.63, 3.8) is 0 Å². The van der Waals surface area contributed by atoms with E-state index in [2.05, 4.69) is 4.98 Å². The molecule has 2 fully saturated rings. The van der Waals surface area contributed by atoms with Gasteiger partial charge in [-0.3, -0.25) is 9.69 Å². The number of aromatic hydroxyl groups is 1. The highest BCUT2D eigenvalue weighted by Crippen LogP contribution is 2.45. The van der Waals surface area contributed by atoms with Crippen molar-refractivity contribution < 1.29 is 23.8 Å². The third-order valence-corrected chi connectivity index (χ3v) is 5.90. The molecule has 0 radical (unpaired) electrons. The fourth-order valence-electron chi connectivity index (χ4n) is 4.70.